The molecule has 1 atom stereocenters. The van der Waals surface area contributed by atoms with E-state index in [0.29, 0.717) is 11.4 Å². The van der Waals surface area contributed by atoms with Crippen LogP contribution < -0.4 is 10.1 Å². The molecule has 6 nitrogen and oxygen atoms in total. The second kappa shape index (κ2) is 5.12. The van der Waals surface area contributed by atoms with Gasteiger partial charge in [-0.3, -0.25) is 4.79 Å². The van der Waals surface area contributed by atoms with E-state index in [-0.39, 0.29) is 5.92 Å². The number of carbonyl (C=O) groups excluding carboxylic acids is 1. The van der Waals surface area contributed by atoms with Crippen LogP contribution in [0.15, 0.2) is 24.3 Å². The molecule has 6 heteroatoms. The number of fused-ring (bicyclic) bond motifs is 1. The van der Waals surface area contributed by atoms with Crippen molar-refractivity contribution in [3.8, 4) is 5.75 Å². The molecular formula is C15H16N2O4. The predicted octanol–water partition coefficient (Wildman–Crippen LogP) is 1.77. The van der Waals surface area contributed by atoms with Gasteiger partial charge in [0, 0.05) is 10.9 Å². The van der Waals surface area contributed by atoms with Crippen LogP contribution in [-0.2, 0) is 4.79 Å². The van der Waals surface area contributed by atoms with Crippen molar-refractivity contribution in [2.75, 3.05) is 7.11 Å². The predicted molar refractivity (Wildman–Crippen MR) is 76.5 cm³/mol. The Hall–Kier alpha value is -2.50. The number of carbonyl (C=O) groups is 2. The van der Waals surface area contributed by atoms with E-state index in [1.165, 1.54) is 0 Å². The number of aliphatic carboxylic acids is 1. The fraction of sp³-hybridized carbons (Fsp3) is 0.333. The van der Waals surface area contributed by atoms with E-state index in [2.05, 4.69) is 10.3 Å². The summed E-state index contributed by atoms with van der Waals surface area (Å²) in [4.78, 5) is 26.3. The number of hydrogen-bond acceptors (Lipinski definition) is 3. The zero-order valence-electron chi connectivity index (χ0n) is 11.6. The highest BCUT2D eigenvalue weighted by Crippen LogP contribution is 2.33. The Kier molecular flexibility index (Phi) is 3.29. The number of aromatic nitrogens is 1. The molecule has 1 unspecified atom stereocenters. The van der Waals surface area contributed by atoms with Crippen molar-refractivity contribution in [2.45, 2.75) is 18.9 Å². The molecule has 3 rings (SSSR count). The van der Waals surface area contributed by atoms with Crippen LogP contribution in [0.2, 0.25) is 0 Å². The Balaban J connectivity index is 1.82. The lowest BCUT2D eigenvalue weighted by Gasteiger charge is -2.12. The van der Waals surface area contributed by atoms with Crippen LogP contribution >= 0.6 is 0 Å². The third kappa shape index (κ3) is 2.69. The molecule has 0 aliphatic heterocycles. The first-order valence-corrected chi connectivity index (χ1v) is 6.79. The number of H-pyrrole nitrogens is 1. The SMILES string of the molecule is COc1ccc2[nH]c(C(=O)NC(C(=O)O)C3CC3)cc2c1. The number of ether oxygens (including phenoxy) is 1. The van der Waals surface area contributed by atoms with Gasteiger partial charge in [-0.05, 0) is 43.0 Å². The molecule has 1 aromatic carbocycles. The molecule has 1 fully saturated rings. The van der Waals surface area contributed by atoms with Gasteiger partial charge in [0.1, 0.15) is 17.5 Å². The van der Waals surface area contributed by atoms with Crippen molar-refractivity contribution in [3.05, 3.63) is 30.0 Å². The second-order valence-electron chi connectivity index (χ2n) is 5.26. The summed E-state index contributed by atoms with van der Waals surface area (Å²) in [5.41, 5.74) is 1.16. The first-order chi connectivity index (χ1) is 10.1. The number of carboxylic acid groups (broad SMARTS) is 1. The lowest BCUT2D eigenvalue weighted by molar-refractivity contribution is -0.139. The zero-order chi connectivity index (χ0) is 15.0. The maximum atomic E-state index is 12.2. The lowest BCUT2D eigenvalue weighted by atomic mass is 10.2. The summed E-state index contributed by atoms with van der Waals surface area (Å²) in [5.74, 6) is -0.626. The standard InChI is InChI=1S/C15H16N2O4/c1-21-10-4-5-11-9(6-10)7-12(16-11)14(18)17-13(15(19)20)8-2-3-8/h4-8,13,16H,2-3H2,1H3,(H,17,18)(H,19,20). The van der Waals surface area contributed by atoms with Crippen LogP contribution in [0.1, 0.15) is 23.3 Å². The van der Waals surface area contributed by atoms with Crippen molar-refractivity contribution < 1.29 is 19.4 Å². The Morgan fingerprint density at radius 1 is 1.38 bits per heavy atom. The van der Waals surface area contributed by atoms with Gasteiger partial charge >= 0.3 is 5.97 Å². The van der Waals surface area contributed by atoms with Gasteiger partial charge in [-0.2, -0.15) is 0 Å². The molecule has 1 saturated carbocycles. The van der Waals surface area contributed by atoms with Crippen LogP contribution in [0.4, 0.5) is 0 Å². The van der Waals surface area contributed by atoms with E-state index in [4.69, 9.17) is 9.84 Å². The molecule has 0 saturated heterocycles. The van der Waals surface area contributed by atoms with Crippen LogP contribution in [0.3, 0.4) is 0 Å². The summed E-state index contributed by atoms with van der Waals surface area (Å²) in [6.07, 6.45) is 1.70. The second-order valence-corrected chi connectivity index (χ2v) is 5.26. The molecule has 2 aromatic rings. The van der Waals surface area contributed by atoms with Crippen molar-refractivity contribution in [3.63, 3.8) is 0 Å². The van der Waals surface area contributed by atoms with Crippen LogP contribution in [0.25, 0.3) is 10.9 Å². The average Bonchev–Trinajstić information content (AvgIpc) is 3.21. The third-order valence-electron chi connectivity index (χ3n) is 3.72. The van der Waals surface area contributed by atoms with Gasteiger partial charge in [0.05, 0.1) is 7.11 Å². The fourth-order valence-electron chi connectivity index (χ4n) is 2.39. The summed E-state index contributed by atoms with van der Waals surface area (Å²) in [6.45, 7) is 0. The van der Waals surface area contributed by atoms with Gasteiger partial charge in [-0.15, -0.1) is 0 Å². The Bertz CT molecular complexity index is 703. The summed E-state index contributed by atoms with van der Waals surface area (Å²) >= 11 is 0. The minimum atomic E-state index is -0.983. The lowest BCUT2D eigenvalue weighted by Crippen LogP contribution is -2.42. The molecule has 0 radical (unpaired) electrons. The molecule has 3 N–H and O–H groups in total. The summed E-state index contributed by atoms with van der Waals surface area (Å²) in [7, 11) is 1.58. The van der Waals surface area contributed by atoms with Gasteiger partial charge in [0.15, 0.2) is 0 Å². The maximum absolute atomic E-state index is 12.2. The summed E-state index contributed by atoms with van der Waals surface area (Å²) < 4.78 is 5.14. The summed E-state index contributed by atoms with van der Waals surface area (Å²) in [5, 5.41) is 12.6. The molecule has 1 heterocycles. The van der Waals surface area contributed by atoms with E-state index in [1.54, 1.807) is 19.2 Å². The quantitative estimate of drug-likeness (QED) is 0.782. The number of carboxylic acids is 1. The first-order valence-electron chi connectivity index (χ1n) is 6.79. The molecule has 0 bridgehead atoms. The fourth-order valence-corrected chi connectivity index (χ4v) is 2.39. The number of aromatic amines is 1. The molecule has 1 aliphatic carbocycles. The first kappa shape index (κ1) is 13.5. The molecular weight excluding hydrogens is 272 g/mol. The highest BCUT2D eigenvalue weighted by Gasteiger charge is 2.37. The van der Waals surface area contributed by atoms with Crippen LogP contribution in [0.5, 0.6) is 5.75 Å². The topological polar surface area (TPSA) is 91.4 Å². The Morgan fingerprint density at radius 3 is 2.76 bits per heavy atom. The monoisotopic (exact) mass is 288 g/mol. The molecule has 0 spiro atoms. The van der Waals surface area contributed by atoms with E-state index >= 15 is 0 Å². The highest BCUT2D eigenvalue weighted by molar-refractivity contribution is 5.99. The van der Waals surface area contributed by atoms with Crippen molar-refractivity contribution in [1.82, 2.24) is 10.3 Å². The normalized spacial score (nSPS) is 15.7. The number of rotatable bonds is 5. The van der Waals surface area contributed by atoms with E-state index in [1.807, 2.05) is 12.1 Å². The van der Waals surface area contributed by atoms with Crippen molar-refractivity contribution >= 4 is 22.8 Å². The number of nitrogens with one attached hydrogen (secondary N) is 2. The minimum Gasteiger partial charge on any atom is -0.497 e. The molecule has 21 heavy (non-hydrogen) atoms. The van der Waals surface area contributed by atoms with Crippen molar-refractivity contribution in [1.29, 1.82) is 0 Å². The average molecular weight is 288 g/mol. The number of benzene rings is 1. The third-order valence-corrected chi connectivity index (χ3v) is 3.72. The van der Waals surface area contributed by atoms with Gasteiger partial charge < -0.3 is 20.1 Å². The smallest absolute Gasteiger partial charge is 0.326 e. The molecule has 110 valence electrons. The Morgan fingerprint density at radius 2 is 2.14 bits per heavy atom. The van der Waals surface area contributed by atoms with Gasteiger partial charge in [-0.1, -0.05) is 0 Å². The number of methoxy groups -OCH3 is 1. The summed E-state index contributed by atoms with van der Waals surface area (Å²) in [6, 6.07) is 6.32. The molecule has 1 amide bonds. The van der Waals surface area contributed by atoms with E-state index in [0.717, 1.165) is 23.7 Å². The van der Waals surface area contributed by atoms with Crippen molar-refractivity contribution in [2.24, 2.45) is 5.92 Å². The van der Waals surface area contributed by atoms with Gasteiger partial charge in [-0.25, -0.2) is 4.79 Å². The largest absolute Gasteiger partial charge is 0.497 e. The molecule has 1 aromatic heterocycles. The number of amides is 1. The minimum absolute atomic E-state index is 0.0518. The van der Waals surface area contributed by atoms with Gasteiger partial charge in [0.2, 0.25) is 0 Å². The molecule has 1 aliphatic rings. The van der Waals surface area contributed by atoms with E-state index < -0.39 is 17.9 Å². The zero-order valence-corrected chi connectivity index (χ0v) is 11.6. The maximum Gasteiger partial charge on any atom is 0.326 e. The number of hydrogen-bond donors (Lipinski definition) is 3. The highest BCUT2D eigenvalue weighted by atomic mass is 16.5. The Labute approximate surface area is 121 Å². The van der Waals surface area contributed by atoms with Crippen LogP contribution in [-0.4, -0.2) is 35.1 Å². The van der Waals surface area contributed by atoms with Crippen LogP contribution in [0, 0.1) is 5.92 Å². The van der Waals surface area contributed by atoms with Gasteiger partial charge in [0.25, 0.3) is 5.91 Å². The van der Waals surface area contributed by atoms with E-state index in [9.17, 15) is 9.59 Å².